The van der Waals surface area contributed by atoms with Crippen molar-refractivity contribution < 1.29 is 13.6 Å². The van der Waals surface area contributed by atoms with Gasteiger partial charge in [-0.1, -0.05) is 0 Å². The molecule has 0 bridgehead atoms. The first kappa shape index (κ1) is 8.63. The molecule has 0 atom stereocenters. The predicted octanol–water partition coefficient (Wildman–Crippen LogP) is 0.405. The number of nitrogens with zero attached hydrogens (tertiary/aromatic N) is 1. The molecule has 0 saturated heterocycles. The molecule has 0 aliphatic heterocycles. The zero-order valence-electron chi connectivity index (χ0n) is 6.05. The van der Waals surface area contributed by atoms with Crippen LogP contribution in [0.5, 0.6) is 0 Å². The SMILES string of the molecule is O=C(NCC(F)F)c1cn[nH]c1. The Morgan fingerprint density at radius 3 is 3.00 bits per heavy atom. The van der Waals surface area contributed by atoms with Gasteiger partial charge in [0.15, 0.2) is 0 Å². The number of amides is 1. The molecule has 1 amide bonds. The summed E-state index contributed by atoms with van der Waals surface area (Å²) in [6.07, 6.45) is 0.0718. The van der Waals surface area contributed by atoms with Crippen LogP contribution in [0.4, 0.5) is 8.78 Å². The highest BCUT2D eigenvalue weighted by Crippen LogP contribution is 1.94. The lowest BCUT2D eigenvalue weighted by molar-refractivity contribution is 0.0892. The summed E-state index contributed by atoms with van der Waals surface area (Å²) in [5.41, 5.74) is 0.246. The third kappa shape index (κ3) is 2.30. The summed E-state index contributed by atoms with van der Waals surface area (Å²) in [4.78, 5) is 10.9. The summed E-state index contributed by atoms with van der Waals surface area (Å²) in [6.45, 7) is -0.635. The average Bonchev–Trinajstić information content (AvgIpc) is 2.51. The lowest BCUT2D eigenvalue weighted by Crippen LogP contribution is -2.28. The van der Waals surface area contributed by atoms with Crippen molar-refractivity contribution in [1.82, 2.24) is 15.5 Å². The summed E-state index contributed by atoms with van der Waals surface area (Å²) in [7, 11) is 0. The van der Waals surface area contributed by atoms with E-state index in [0.717, 1.165) is 0 Å². The molecule has 0 fully saturated rings. The van der Waals surface area contributed by atoms with Gasteiger partial charge in [-0.2, -0.15) is 5.10 Å². The highest BCUT2D eigenvalue weighted by atomic mass is 19.3. The highest BCUT2D eigenvalue weighted by molar-refractivity contribution is 5.93. The summed E-state index contributed by atoms with van der Waals surface area (Å²) >= 11 is 0. The zero-order chi connectivity index (χ0) is 8.97. The maximum absolute atomic E-state index is 11.6. The standard InChI is InChI=1S/C6H7F2N3O/c7-5(8)3-9-6(12)4-1-10-11-2-4/h1-2,5H,3H2,(H,9,12)(H,10,11). The van der Waals surface area contributed by atoms with E-state index >= 15 is 0 Å². The summed E-state index contributed by atoms with van der Waals surface area (Å²) in [5, 5.41) is 7.93. The van der Waals surface area contributed by atoms with Gasteiger partial charge in [0.1, 0.15) is 0 Å². The number of H-pyrrole nitrogens is 1. The van der Waals surface area contributed by atoms with Crippen molar-refractivity contribution in [3.8, 4) is 0 Å². The zero-order valence-corrected chi connectivity index (χ0v) is 6.05. The van der Waals surface area contributed by atoms with E-state index in [2.05, 4.69) is 10.2 Å². The van der Waals surface area contributed by atoms with Gasteiger partial charge in [-0.05, 0) is 0 Å². The molecule has 0 spiro atoms. The van der Waals surface area contributed by atoms with Gasteiger partial charge in [-0.15, -0.1) is 0 Å². The molecule has 1 aromatic heterocycles. The highest BCUT2D eigenvalue weighted by Gasteiger charge is 2.08. The Morgan fingerprint density at radius 1 is 1.75 bits per heavy atom. The normalized spacial score (nSPS) is 10.2. The number of carbonyl (C=O) groups is 1. The monoisotopic (exact) mass is 175 g/mol. The number of hydrogen-bond acceptors (Lipinski definition) is 2. The van der Waals surface area contributed by atoms with Crippen LogP contribution in [0, 0.1) is 0 Å². The number of alkyl halides is 2. The molecular formula is C6H7F2N3O. The second-order valence-electron chi connectivity index (χ2n) is 2.09. The van der Waals surface area contributed by atoms with Crippen LogP contribution < -0.4 is 5.32 Å². The molecule has 0 aliphatic rings. The minimum Gasteiger partial charge on any atom is -0.346 e. The Morgan fingerprint density at radius 2 is 2.50 bits per heavy atom. The van der Waals surface area contributed by atoms with Crippen molar-refractivity contribution in [1.29, 1.82) is 0 Å². The fourth-order valence-electron chi connectivity index (χ4n) is 0.647. The van der Waals surface area contributed by atoms with Crippen LogP contribution in [0.15, 0.2) is 12.4 Å². The number of rotatable bonds is 3. The number of nitrogens with one attached hydrogen (secondary N) is 2. The molecule has 2 N–H and O–H groups in total. The van der Waals surface area contributed by atoms with Crippen LogP contribution in [-0.2, 0) is 0 Å². The van der Waals surface area contributed by atoms with Crippen LogP contribution in [0.2, 0.25) is 0 Å². The third-order valence-corrected chi connectivity index (χ3v) is 1.18. The van der Waals surface area contributed by atoms with Gasteiger partial charge in [0.25, 0.3) is 12.3 Å². The number of aromatic amines is 1. The number of hydrogen-bond donors (Lipinski definition) is 2. The first-order valence-electron chi connectivity index (χ1n) is 3.25. The molecule has 1 heterocycles. The fraction of sp³-hybridized carbons (Fsp3) is 0.333. The van der Waals surface area contributed by atoms with Crippen molar-refractivity contribution in [2.75, 3.05) is 6.54 Å². The van der Waals surface area contributed by atoms with Gasteiger partial charge < -0.3 is 5.32 Å². The van der Waals surface area contributed by atoms with Crippen molar-refractivity contribution >= 4 is 5.91 Å². The van der Waals surface area contributed by atoms with E-state index in [1.807, 2.05) is 5.32 Å². The first-order valence-corrected chi connectivity index (χ1v) is 3.25. The van der Waals surface area contributed by atoms with E-state index in [-0.39, 0.29) is 5.56 Å². The van der Waals surface area contributed by atoms with Crippen LogP contribution in [0.25, 0.3) is 0 Å². The lowest BCUT2D eigenvalue weighted by Gasteiger charge is -2.00. The number of halogens is 2. The second kappa shape index (κ2) is 3.80. The molecule has 1 aromatic rings. The van der Waals surface area contributed by atoms with Gasteiger partial charge in [0.2, 0.25) is 0 Å². The van der Waals surface area contributed by atoms with Crippen LogP contribution in [0.1, 0.15) is 10.4 Å². The van der Waals surface area contributed by atoms with Gasteiger partial charge in [0.05, 0.1) is 18.3 Å². The Kier molecular flexibility index (Phi) is 2.73. The minimum atomic E-state index is -2.53. The molecule has 66 valence electrons. The van der Waals surface area contributed by atoms with Crippen molar-refractivity contribution in [2.45, 2.75) is 6.43 Å². The van der Waals surface area contributed by atoms with Crippen molar-refractivity contribution in [2.24, 2.45) is 0 Å². The van der Waals surface area contributed by atoms with Gasteiger partial charge >= 0.3 is 0 Å². The van der Waals surface area contributed by atoms with E-state index in [1.54, 1.807) is 0 Å². The van der Waals surface area contributed by atoms with E-state index in [4.69, 9.17) is 0 Å². The van der Waals surface area contributed by atoms with E-state index in [0.29, 0.717) is 0 Å². The van der Waals surface area contributed by atoms with Crippen molar-refractivity contribution in [3.63, 3.8) is 0 Å². The fourth-order valence-corrected chi connectivity index (χ4v) is 0.647. The summed E-state index contributed by atoms with van der Waals surface area (Å²) in [5.74, 6) is -0.552. The quantitative estimate of drug-likeness (QED) is 0.698. The molecule has 0 radical (unpaired) electrons. The molecule has 0 aliphatic carbocycles. The number of carbonyl (C=O) groups excluding carboxylic acids is 1. The number of aromatic nitrogens is 2. The average molecular weight is 175 g/mol. The van der Waals surface area contributed by atoms with Gasteiger partial charge in [-0.25, -0.2) is 8.78 Å². The van der Waals surface area contributed by atoms with Gasteiger partial charge in [0, 0.05) is 6.20 Å². The Labute approximate surface area is 67.0 Å². The minimum absolute atomic E-state index is 0.246. The van der Waals surface area contributed by atoms with Crippen LogP contribution >= 0.6 is 0 Å². The Balaban J connectivity index is 2.40. The maximum Gasteiger partial charge on any atom is 0.255 e. The van der Waals surface area contributed by atoms with Crippen LogP contribution in [0.3, 0.4) is 0 Å². The second-order valence-corrected chi connectivity index (χ2v) is 2.09. The third-order valence-electron chi connectivity index (χ3n) is 1.18. The summed E-state index contributed by atoms with van der Waals surface area (Å²) in [6, 6.07) is 0. The maximum atomic E-state index is 11.6. The van der Waals surface area contributed by atoms with Gasteiger partial charge in [-0.3, -0.25) is 9.89 Å². The largest absolute Gasteiger partial charge is 0.346 e. The lowest BCUT2D eigenvalue weighted by atomic mass is 10.3. The van der Waals surface area contributed by atoms with E-state index < -0.39 is 18.9 Å². The first-order chi connectivity index (χ1) is 5.70. The molecule has 12 heavy (non-hydrogen) atoms. The summed E-state index contributed by atoms with van der Waals surface area (Å²) < 4.78 is 23.2. The Hall–Kier alpha value is -1.46. The van der Waals surface area contributed by atoms with Crippen LogP contribution in [-0.4, -0.2) is 29.1 Å². The van der Waals surface area contributed by atoms with E-state index in [9.17, 15) is 13.6 Å². The molecule has 6 heteroatoms. The van der Waals surface area contributed by atoms with Crippen molar-refractivity contribution in [3.05, 3.63) is 18.0 Å². The van der Waals surface area contributed by atoms with E-state index in [1.165, 1.54) is 12.4 Å². The molecule has 1 rings (SSSR count). The predicted molar refractivity (Wildman–Crippen MR) is 36.9 cm³/mol. The molecule has 4 nitrogen and oxygen atoms in total. The Bertz CT molecular complexity index is 247. The molecule has 0 saturated carbocycles. The molecule has 0 aromatic carbocycles. The molecular weight excluding hydrogens is 168 g/mol. The molecule has 0 unspecified atom stereocenters. The smallest absolute Gasteiger partial charge is 0.255 e. The topological polar surface area (TPSA) is 57.8 Å².